The Bertz CT molecular complexity index is 813. The topological polar surface area (TPSA) is 96.0 Å². The molecule has 3 N–H and O–H groups in total. The van der Waals surface area contributed by atoms with Crippen LogP contribution in [0.3, 0.4) is 0 Å². The number of hydrogen-bond acceptors (Lipinski definition) is 4. The molecule has 7 heteroatoms. The average Bonchev–Trinajstić information content (AvgIpc) is 2.48. The van der Waals surface area contributed by atoms with E-state index in [4.69, 9.17) is 22.6 Å². The van der Waals surface area contributed by atoms with Crippen LogP contribution in [-0.2, 0) is 16.6 Å². The third-order valence-corrected chi connectivity index (χ3v) is 4.54. The number of nitriles is 1. The first-order valence-electron chi connectivity index (χ1n) is 5.96. The van der Waals surface area contributed by atoms with Gasteiger partial charge in [0, 0.05) is 6.54 Å². The van der Waals surface area contributed by atoms with Gasteiger partial charge in [0.05, 0.1) is 27.2 Å². The van der Waals surface area contributed by atoms with Crippen LogP contribution in [0.2, 0.25) is 5.02 Å². The molecule has 5 nitrogen and oxygen atoms in total. The highest BCUT2D eigenvalue weighted by atomic mass is 35.5. The van der Waals surface area contributed by atoms with E-state index in [1.165, 1.54) is 18.2 Å². The SMILES string of the molecule is N#Cc1cccc(CNS(=O)(=O)c2ccc(Cl)c(N)c2)c1. The predicted octanol–water partition coefficient (Wildman–Crippen LogP) is 2.27. The standard InChI is InChI=1S/C14H12ClN3O2S/c15-13-5-4-12(7-14(13)17)21(19,20)18-9-11-3-1-2-10(6-11)8-16/h1-7,18H,9,17H2. The Hall–Kier alpha value is -2.07. The maximum atomic E-state index is 12.1. The zero-order valence-corrected chi connectivity index (χ0v) is 12.4. The molecular formula is C14H12ClN3O2S. The Morgan fingerprint density at radius 2 is 2.00 bits per heavy atom. The van der Waals surface area contributed by atoms with Crippen LogP contribution in [0.15, 0.2) is 47.4 Å². The van der Waals surface area contributed by atoms with Crippen LogP contribution >= 0.6 is 11.6 Å². The number of benzene rings is 2. The predicted molar refractivity (Wildman–Crippen MR) is 81.0 cm³/mol. The molecule has 0 atom stereocenters. The van der Waals surface area contributed by atoms with Crippen molar-refractivity contribution < 1.29 is 8.42 Å². The minimum atomic E-state index is -3.69. The van der Waals surface area contributed by atoms with E-state index in [-0.39, 0.29) is 17.1 Å². The quantitative estimate of drug-likeness (QED) is 0.844. The summed E-state index contributed by atoms with van der Waals surface area (Å²) in [6.45, 7) is 0.0837. The van der Waals surface area contributed by atoms with Crippen LogP contribution in [0.1, 0.15) is 11.1 Å². The van der Waals surface area contributed by atoms with Gasteiger partial charge in [-0.1, -0.05) is 23.7 Å². The largest absolute Gasteiger partial charge is 0.397 e. The molecule has 0 aliphatic heterocycles. The maximum absolute atomic E-state index is 12.1. The Balaban J connectivity index is 2.17. The molecule has 2 aromatic rings. The summed E-state index contributed by atoms with van der Waals surface area (Å²) in [5, 5.41) is 9.11. The third kappa shape index (κ3) is 3.73. The van der Waals surface area contributed by atoms with E-state index in [1.54, 1.807) is 24.3 Å². The first-order chi connectivity index (χ1) is 9.92. The highest BCUT2D eigenvalue weighted by molar-refractivity contribution is 7.89. The first kappa shape index (κ1) is 15.3. The molecule has 108 valence electrons. The molecule has 0 aliphatic carbocycles. The Kier molecular flexibility index (Phi) is 4.48. The fourth-order valence-corrected chi connectivity index (χ4v) is 2.87. The van der Waals surface area contributed by atoms with Gasteiger partial charge in [0.25, 0.3) is 0 Å². The van der Waals surface area contributed by atoms with Crippen molar-refractivity contribution in [1.29, 1.82) is 5.26 Å². The molecule has 0 saturated heterocycles. The zero-order chi connectivity index (χ0) is 15.5. The average molecular weight is 322 g/mol. The monoisotopic (exact) mass is 321 g/mol. The van der Waals surface area contributed by atoms with E-state index >= 15 is 0 Å². The molecule has 21 heavy (non-hydrogen) atoms. The smallest absolute Gasteiger partial charge is 0.240 e. The molecular weight excluding hydrogens is 310 g/mol. The third-order valence-electron chi connectivity index (χ3n) is 2.80. The molecule has 0 radical (unpaired) electrons. The van der Waals surface area contributed by atoms with Crippen molar-refractivity contribution in [2.24, 2.45) is 0 Å². The fourth-order valence-electron chi connectivity index (χ4n) is 1.70. The molecule has 2 aromatic carbocycles. The van der Waals surface area contributed by atoms with Gasteiger partial charge in [-0.25, -0.2) is 13.1 Å². The van der Waals surface area contributed by atoms with Crippen LogP contribution in [0, 0.1) is 11.3 Å². The summed E-state index contributed by atoms with van der Waals surface area (Å²) in [6, 6.07) is 12.8. The van der Waals surface area contributed by atoms with Crippen molar-refractivity contribution in [1.82, 2.24) is 4.72 Å². The van der Waals surface area contributed by atoms with E-state index in [9.17, 15) is 8.42 Å². The summed E-state index contributed by atoms with van der Waals surface area (Å²) in [5.74, 6) is 0. The van der Waals surface area contributed by atoms with E-state index in [0.717, 1.165) is 0 Å². The summed E-state index contributed by atoms with van der Waals surface area (Å²) >= 11 is 5.77. The van der Waals surface area contributed by atoms with Crippen LogP contribution in [0.4, 0.5) is 5.69 Å². The Morgan fingerprint density at radius 3 is 2.67 bits per heavy atom. The summed E-state index contributed by atoms with van der Waals surface area (Å²) < 4.78 is 26.8. The van der Waals surface area contributed by atoms with Crippen molar-refractivity contribution >= 4 is 27.3 Å². The molecule has 0 heterocycles. The molecule has 0 saturated carbocycles. The van der Waals surface area contributed by atoms with Gasteiger partial charge < -0.3 is 5.73 Å². The second-order valence-corrected chi connectivity index (χ2v) is 6.49. The summed E-state index contributed by atoms with van der Waals surface area (Å²) in [7, 11) is -3.69. The number of nitrogens with two attached hydrogens (primary N) is 1. The summed E-state index contributed by atoms with van der Waals surface area (Å²) in [5.41, 5.74) is 6.97. The molecule has 0 aliphatic rings. The zero-order valence-electron chi connectivity index (χ0n) is 10.9. The molecule has 0 bridgehead atoms. The number of nitrogen functional groups attached to an aromatic ring is 1. The molecule has 0 spiro atoms. The van der Waals surface area contributed by atoms with Crippen molar-refractivity contribution in [2.75, 3.05) is 5.73 Å². The Labute approximate surface area is 128 Å². The van der Waals surface area contributed by atoms with E-state index in [1.807, 2.05) is 6.07 Å². The number of halogens is 1. The van der Waals surface area contributed by atoms with Crippen LogP contribution < -0.4 is 10.5 Å². The van der Waals surface area contributed by atoms with Gasteiger partial charge in [-0.2, -0.15) is 5.26 Å². The molecule has 0 aromatic heterocycles. The van der Waals surface area contributed by atoms with Gasteiger partial charge in [0.2, 0.25) is 10.0 Å². The summed E-state index contributed by atoms with van der Waals surface area (Å²) in [6.07, 6.45) is 0. The summed E-state index contributed by atoms with van der Waals surface area (Å²) in [4.78, 5) is 0.0424. The normalized spacial score (nSPS) is 11.0. The Morgan fingerprint density at radius 1 is 1.24 bits per heavy atom. The number of nitrogens with zero attached hydrogens (tertiary/aromatic N) is 1. The second kappa shape index (κ2) is 6.14. The van der Waals surface area contributed by atoms with Gasteiger partial charge in [-0.05, 0) is 35.9 Å². The first-order valence-corrected chi connectivity index (χ1v) is 7.82. The van der Waals surface area contributed by atoms with E-state index in [2.05, 4.69) is 4.72 Å². The highest BCUT2D eigenvalue weighted by Gasteiger charge is 2.14. The molecule has 0 fully saturated rings. The molecule has 0 amide bonds. The van der Waals surface area contributed by atoms with Crippen molar-refractivity contribution in [3.63, 3.8) is 0 Å². The van der Waals surface area contributed by atoms with Crippen molar-refractivity contribution in [3.8, 4) is 6.07 Å². The second-order valence-electron chi connectivity index (χ2n) is 4.32. The van der Waals surface area contributed by atoms with Crippen molar-refractivity contribution in [3.05, 3.63) is 58.6 Å². The number of sulfonamides is 1. The van der Waals surface area contributed by atoms with Gasteiger partial charge >= 0.3 is 0 Å². The van der Waals surface area contributed by atoms with Crippen LogP contribution in [0.5, 0.6) is 0 Å². The number of nitrogens with one attached hydrogen (secondary N) is 1. The lowest BCUT2D eigenvalue weighted by Crippen LogP contribution is -2.23. The maximum Gasteiger partial charge on any atom is 0.240 e. The van der Waals surface area contributed by atoms with Gasteiger partial charge in [-0.15, -0.1) is 0 Å². The van der Waals surface area contributed by atoms with Crippen LogP contribution in [0.25, 0.3) is 0 Å². The highest BCUT2D eigenvalue weighted by Crippen LogP contribution is 2.22. The minimum absolute atomic E-state index is 0.0424. The fraction of sp³-hybridized carbons (Fsp3) is 0.0714. The number of hydrogen-bond donors (Lipinski definition) is 2. The lowest BCUT2D eigenvalue weighted by atomic mass is 10.1. The van der Waals surface area contributed by atoms with E-state index < -0.39 is 10.0 Å². The van der Waals surface area contributed by atoms with Gasteiger partial charge in [0.15, 0.2) is 0 Å². The van der Waals surface area contributed by atoms with Crippen LogP contribution in [-0.4, -0.2) is 8.42 Å². The van der Waals surface area contributed by atoms with Crippen molar-refractivity contribution in [2.45, 2.75) is 11.4 Å². The number of rotatable bonds is 4. The van der Waals surface area contributed by atoms with Gasteiger partial charge in [-0.3, -0.25) is 0 Å². The lowest BCUT2D eigenvalue weighted by Gasteiger charge is -2.08. The van der Waals surface area contributed by atoms with E-state index in [0.29, 0.717) is 16.1 Å². The minimum Gasteiger partial charge on any atom is -0.397 e. The lowest BCUT2D eigenvalue weighted by molar-refractivity contribution is 0.581. The molecule has 0 unspecified atom stereocenters. The van der Waals surface area contributed by atoms with Gasteiger partial charge in [0.1, 0.15) is 0 Å². The molecule has 2 rings (SSSR count). The number of anilines is 1.